The molecule has 0 aliphatic carbocycles. The monoisotopic (exact) mass is 352 g/mol. The summed E-state index contributed by atoms with van der Waals surface area (Å²) in [6.07, 6.45) is 2.61. The predicted octanol–water partition coefficient (Wildman–Crippen LogP) is 3.18. The topological polar surface area (TPSA) is 79.3 Å². The summed E-state index contributed by atoms with van der Waals surface area (Å²) in [4.78, 5) is 26.4. The minimum Gasteiger partial charge on any atom is -0.476 e. The number of nitrogens with zero attached hydrogens (tertiary/aromatic N) is 1. The van der Waals surface area contributed by atoms with Gasteiger partial charge in [0.1, 0.15) is 0 Å². The number of rotatable bonds is 8. The third-order valence-corrected chi connectivity index (χ3v) is 4.38. The standard InChI is InChI=1S/C16H17ClN2O3S/c17-12-6-4-11(5-7-12)2-1-3-14(20)18-9-8-15-19-13(10-23-15)16(21)22/h4-7,10H,1-3,8-9H2,(H,18,20)(H,21,22). The molecule has 1 heterocycles. The summed E-state index contributed by atoms with van der Waals surface area (Å²) in [5.41, 5.74) is 1.21. The Balaban J connectivity index is 1.63. The third kappa shape index (κ3) is 6.00. The van der Waals surface area contributed by atoms with Crippen LogP contribution in [0.25, 0.3) is 0 Å². The molecule has 0 atom stereocenters. The molecule has 0 aliphatic heterocycles. The largest absolute Gasteiger partial charge is 0.476 e. The Bertz CT molecular complexity index is 670. The van der Waals surface area contributed by atoms with E-state index in [1.54, 1.807) is 0 Å². The smallest absolute Gasteiger partial charge is 0.355 e. The van der Waals surface area contributed by atoms with Crippen molar-refractivity contribution >= 4 is 34.8 Å². The number of hydrogen-bond acceptors (Lipinski definition) is 4. The first-order valence-electron chi connectivity index (χ1n) is 7.23. The molecule has 0 saturated carbocycles. The van der Waals surface area contributed by atoms with Gasteiger partial charge >= 0.3 is 5.97 Å². The van der Waals surface area contributed by atoms with Crippen LogP contribution in [0.5, 0.6) is 0 Å². The van der Waals surface area contributed by atoms with Crippen LogP contribution in [0.1, 0.15) is 33.9 Å². The average molecular weight is 353 g/mol. The van der Waals surface area contributed by atoms with E-state index in [0.717, 1.165) is 18.4 Å². The minimum absolute atomic E-state index is 0.00558. The van der Waals surface area contributed by atoms with Crippen LogP contribution in [-0.2, 0) is 17.6 Å². The molecule has 1 aromatic carbocycles. The summed E-state index contributed by atoms with van der Waals surface area (Å²) in [7, 11) is 0. The molecule has 0 radical (unpaired) electrons. The third-order valence-electron chi connectivity index (χ3n) is 3.21. The minimum atomic E-state index is -1.03. The number of carbonyl (C=O) groups is 2. The number of aromatic nitrogens is 1. The highest BCUT2D eigenvalue weighted by molar-refractivity contribution is 7.09. The van der Waals surface area contributed by atoms with E-state index < -0.39 is 5.97 Å². The number of halogens is 1. The maximum absolute atomic E-state index is 11.7. The van der Waals surface area contributed by atoms with E-state index >= 15 is 0 Å². The van der Waals surface area contributed by atoms with Crippen LogP contribution in [0.15, 0.2) is 29.6 Å². The summed E-state index contributed by atoms with van der Waals surface area (Å²) in [6.45, 7) is 0.465. The zero-order valence-electron chi connectivity index (χ0n) is 12.4. The lowest BCUT2D eigenvalue weighted by atomic mass is 10.1. The van der Waals surface area contributed by atoms with Gasteiger partial charge in [0, 0.05) is 29.8 Å². The number of amides is 1. The second-order valence-electron chi connectivity index (χ2n) is 5.01. The Morgan fingerprint density at radius 2 is 1.96 bits per heavy atom. The summed E-state index contributed by atoms with van der Waals surface area (Å²) in [6, 6.07) is 7.61. The van der Waals surface area contributed by atoms with E-state index in [0.29, 0.717) is 29.4 Å². The van der Waals surface area contributed by atoms with Gasteiger partial charge < -0.3 is 10.4 Å². The van der Waals surface area contributed by atoms with Gasteiger partial charge in [0.2, 0.25) is 5.91 Å². The lowest BCUT2D eigenvalue weighted by Gasteiger charge is -2.04. The van der Waals surface area contributed by atoms with Crippen molar-refractivity contribution in [2.75, 3.05) is 6.54 Å². The van der Waals surface area contributed by atoms with Crippen LogP contribution >= 0.6 is 22.9 Å². The van der Waals surface area contributed by atoms with Crippen molar-refractivity contribution in [2.24, 2.45) is 0 Å². The van der Waals surface area contributed by atoms with Gasteiger partial charge in [-0.2, -0.15) is 0 Å². The van der Waals surface area contributed by atoms with Crippen molar-refractivity contribution in [1.82, 2.24) is 10.3 Å². The maximum Gasteiger partial charge on any atom is 0.355 e. The first-order chi connectivity index (χ1) is 11.0. The lowest BCUT2D eigenvalue weighted by Crippen LogP contribution is -2.25. The highest BCUT2D eigenvalue weighted by atomic mass is 35.5. The molecular formula is C16H17ClN2O3S. The number of carbonyl (C=O) groups excluding carboxylic acids is 1. The Hall–Kier alpha value is -1.92. The van der Waals surface area contributed by atoms with Crippen molar-refractivity contribution in [3.8, 4) is 0 Å². The first-order valence-corrected chi connectivity index (χ1v) is 8.49. The van der Waals surface area contributed by atoms with E-state index in [1.165, 1.54) is 16.7 Å². The zero-order valence-corrected chi connectivity index (χ0v) is 14.0. The molecular weight excluding hydrogens is 336 g/mol. The SMILES string of the molecule is O=C(CCCc1ccc(Cl)cc1)NCCc1nc(C(=O)O)cs1. The van der Waals surface area contributed by atoms with Crippen LogP contribution in [0, 0.1) is 0 Å². The van der Waals surface area contributed by atoms with Gasteiger partial charge in [0.15, 0.2) is 5.69 Å². The number of aryl methyl sites for hydroxylation is 1. The summed E-state index contributed by atoms with van der Waals surface area (Å²) >= 11 is 7.11. The van der Waals surface area contributed by atoms with Gasteiger partial charge in [-0.3, -0.25) is 4.79 Å². The van der Waals surface area contributed by atoms with Crippen molar-refractivity contribution in [3.05, 3.63) is 50.9 Å². The van der Waals surface area contributed by atoms with Gasteiger partial charge in [-0.05, 0) is 30.5 Å². The normalized spacial score (nSPS) is 10.5. The number of thiazole rings is 1. The molecule has 5 nitrogen and oxygen atoms in total. The Labute approximate surface area is 143 Å². The quantitative estimate of drug-likeness (QED) is 0.764. The Kier molecular flexibility index (Phi) is 6.55. The highest BCUT2D eigenvalue weighted by Crippen LogP contribution is 2.12. The Morgan fingerprint density at radius 1 is 1.22 bits per heavy atom. The molecule has 0 aliphatic rings. The van der Waals surface area contributed by atoms with Gasteiger partial charge in [-0.15, -0.1) is 11.3 Å². The highest BCUT2D eigenvalue weighted by Gasteiger charge is 2.08. The van der Waals surface area contributed by atoms with Crippen LogP contribution in [0.2, 0.25) is 5.02 Å². The summed E-state index contributed by atoms with van der Waals surface area (Å²) < 4.78 is 0. The fourth-order valence-corrected chi connectivity index (χ4v) is 2.92. The number of nitrogens with one attached hydrogen (secondary N) is 1. The molecule has 2 rings (SSSR count). The van der Waals surface area contributed by atoms with Crippen LogP contribution in [-0.4, -0.2) is 28.5 Å². The molecule has 0 saturated heterocycles. The summed E-state index contributed by atoms with van der Waals surface area (Å²) in [5.74, 6) is -1.03. The molecule has 2 aromatic rings. The molecule has 2 N–H and O–H groups in total. The molecule has 122 valence electrons. The molecule has 0 bridgehead atoms. The second kappa shape index (κ2) is 8.64. The van der Waals surface area contributed by atoms with E-state index in [9.17, 15) is 9.59 Å². The number of carboxylic acids is 1. The van der Waals surface area contributed by atoms with Crippen LogP contribution in [0.3, 0.4) is 0 Å². The molecule has 7 heteroatoms. The zero-order chi connectivity index (χ0) is 16.7. The van der Waals surface area contributed by atoms with Gasteiger partial charge in [0.05, 0.1) is 5.01 Å². The molecule has 0 fully saturated rings. The van der Waals surface area contributed by atoms with Crippen molar-refractivity contribution in [2.45, 2.75) is 25.7 Å². The Morgan fingerprint density at radius 3 is 2.61 bits per heavy atom. The van der Waals surface area contributed by atoms with Gasteiger partial charge in [-0.1, -0.05) is 23.7 Å². The van der Waals surface area contributed by atoms with E-state index in [1.807, 2.05) is 24.3 Å². The molecule has 1 aromatic heterocycles. The second-order valence-corrected chi connectivity index (χ2v) is 6.39. The van der Waals surface area contributed by atoms with Crippen LogP contribution in [0.4, 0.5) is 0 Å². The van der Waals surface area contributed by atoms with Crippen molar-refractivity contribution in [1.29, 1.82) is 0 Å². The van der Waals surface area contributed by atoms with Crippen molar-refractivity contribution < 1.29 is 14.7 Å². The fourth-order valence-electron chi connectivity index (χ4n) is 2.03. The maximum atomic E-state index is 11.7. The van der Waals surface area contributed by atoms with E-state index in [2.05, 4.69) is 10.3 Å². The van der Waals surface area contributed by atoms with Gasteiger partial charge in [0.25, 0.3) is 0 Å². The first kappa shape index (κ1) is 17.4. The van der Waals surface area contributed by atoms with E-state index in [-0.39, 0.29) is 11.6 Å². The van der Waals surface area contributed by atoms with Crippen LogP contribution < -0.4 is 5.32 Å². The molecule has 23 heavy (non-hydrogen) atoms. The number of benzene rings is 1. The summed E-state index contributed by atoms with van der Waals surface area (Å²) in [5, 5.41) is 14.5. The van der Waals surface area contributed by atoms with Gasteiger partial charge in [-0.25, -0.2) is 9.78 Å². The number of aromatic carboxylic acids is 1. The molecule has 1 amide bonds. The number of carboxylic acid groups (broad SMARTS) is 1. The average Bonchev–Trinajstić information content (AvgIpc) is 2.98. The molecule has 0 unspecified atom stereocenters. The lowest BCUT2D eigenvalue weighted by molar-refractivity contribution is -0.121. The predicted molar refractivity (Wildman–Crippen MR) is 90.2 cm³/mol. The number of hydrogen-bond donors (Lipinski definition) is 2. The molecule has 0 spiro atoms. The van der Waals surface area contributed by atoms with E-state index in [4.69, 9.17) is 16.7 Å². The van der Waals surface area contributed by atoms with Crippen molar-refractivity contribution in [3.63, 3.8) is 0 Å². The fraction of sp³-hybridized carbons (Fsp3) is 0.312.